The Morgan fingerprint density at radius 1 is 1.03 bits per heavy atom. The van der Waals surface area contributed by atoms with Crippen LogP contribution < -0.4 is 10.6 Å². The number of nitrogens with one attached hydrogen (secondary N) is 2. The third-order valence-corrected chi connectivity index (χ3v) is 8.07. The number of halogens is 4. The molecule has 0 bridgehead atoms. The molecule has 2 aliphatic heterocycles. The van der Waals surface area contributed by atoms with E-state index in [9.17, 15) is 23.5 Å². The number of hydrogen-bond donors (Lipinski definition) is 3. The van der Waals surface area contributed by atoms with Crippen molar-refractivity contribution in [3.05, 3.63) is 63.1 Å². The number of rotatable bonds is 3. The van der Waals surface area contributed by atoms with E-state index in [1.54, 1.807) is 0 Å². The van der Waals surface area contributed by atoms with Crippen LogP contribution in [-0.4, -0.2) is 29.1 Å². The molecule has 1 saturated heterocycles. The molecule has 0 aromatic heterocycles. The first-order valence-electron chi connectivity index (χ1n) is 11.0. The minimum atomic E-state index is -1.42. The van der Waals surface area contributed by atoms with Crippen LogP contribution in [0.3, 0.4) is 0 Å². The molecule has 2 heterocycles. The molecule has 33 heavy (non-hydrogen) atoms. The number of aliphatic carboxylic acids is 1. The Kier molecular flexibility index (Phi) is 5.62. The van der Waals surface area contributed by atoms with Crippen molar-refractivity contribution in [2.75, 3.05) is 5.32 Å². The van der Waals surface area contributed by atoms with Crippen LogP contribution in [0.2, 0.25) is 10.0 Å². The van der Waals surface area contributed by atoms with Crippen LogP contribution in [0.15, 0.2) is 30.3 Å². The lowest BCUT2D eigenvalue weighted by atomic mass is 9.61. The monoisotopic (exact) mass is 494 g/mol. The van der Waals surface area contributed by atoms with E-state index >= 15 is 0 Å². The van der Waals surface area contributed by atoms with E-state index in [4.69, 9.17) is 23.2 Å². The molecule has 1 saturated carbocycles. The first-order valence-corrected chi connectivity index (χ1v) is 11.8. The summed E-state index contributed by atoms with van der Waals surface area (Å²) < 4.78 is 28.7. The second kappa shape index (κ2) is 8.22. The molecule has 9 heteroatoms. The number of hydrogen-bond acceptors (Lipinski definition) is 3. The summed E-state index contributed by atoms with van der Waals surface area (Å²) in [6.45, 7) is 0. The van der Waals surface area contributed by atoms with Gasteiger partial charge >= 0.3 is 5.97 Å². The molecule has 3 aliphatic rings. The van der Waals surface area contributed by atoms with Gasteiger partial charge in [-0.25, -0.2) is 8.78 Å². The maximum atomic E-state index is 14.7. The molecule has 1 spiro atoms. The quantitative estimate of drug-likeness (QED) is 0.544. The zero-order valence-corrected chi connectivity index (χ0v) is 19.0. The standard InChI is InChI=1S/C24H22Cl2F2N2O3/c25-14-8-12(6-7-16(14)27)19-20(22(31)32)30-21(11-4-2-1-3-5-11)24(19)13-9-17(28)15(26)10-18(13)29-23(24)33/h6-11,19-21,30H,1-5H2,(H,29,33)(H,31,32). The molecule has 4 unspecified atom stereocenters. The number of carbonyl (C=O) groups excluding carboxylic acids is 1. The lowest BCUT2D eigenvalue weighted by molar-refractivity contribution is -0.139. The molecular weight excluding hydrogens is 473 g/mol. The third kappa shape index (κ3) is 3.35. The lowest BCUT2D eigenvalue weighted by Crippen LogP contribution is -2.52. The minimum absolute atomic E-state index is 0.0111. The predicted molar refractivity (Wildman–Crippen MR) is 121 cm³/mol. The highest BCUT2D eigenvalue weighted by Crippen LogP contribution is 2.58. The molecule has 1 aliphatic carbocycles. The van der Waals surface area contributed by atoms with Gasteiger partial charge in [0.1, 0.15) is 23.1 Å². The number of benzene rings is 2. The molecule has 2 aromatic carbocycles. The van der Waals surface area contributed by atoms with Crippen LogP contribution in [0.4, 0.5) is 14.5 Å². The van der Waals surface area contributed by atoms with E-state index in [0.717, 1.165) is 38.2 Å². The number of carboxylic acids is 1. The Hall–Kier alpha value is -2.22. The van der Waals surface area contributed by atoms with Crippen molar-refractivity contribution in [2.45, 2.75) is 55.5 Å². The Labute approximate surface area is 199 Å². The molecule has 0 radical (unpaired) electrons. The third-order valence-electron chi connectivity index (χ3n) is 7.49. The van der Waals surface area contributed by atoms with Crippen LogP contribution in [0, 0.1) is 17.6 Å². The van der Waals surface area contributed by atoms with Gasteiger partial charge in [-0.3, -0.25) is 14.9 Å². The largest absolute Gasteiger partial charge is 0.480 e. The van der Waals surface area contributed by atoms with Crippen LogP contribution in [-0.2, 0) is 15.0 Å². The second-order valence-electron chi connectivity index (χ2n) is 9.14. The summed E-state index contributed by atoms with van der Waals surface area (Å²) >= 11 is 12.1. The topological polar surface area (TPSA) is 78.4 Å². The fraction of sp³-hybridized carbons (Fsp3) is 0.417. The fourth-order valence-electron chi connectivity index (χ4n) is 6.19. The predicted octanol–water partition coefficient (Wildman–Crippen LogP) is 5.25. The Morgan fingerprint density at radius 2 is 1.73 bits per heavy atom. The lowest BCUT2D eigenvalue weighted by Gasteiger charge is -2.40. The van der Waals surface area contributed by atoms with Gasteiger partial charge in [0, 0.05) is 17.6 Å². The van der Waals surface area contributed by atoms with Gasteiger partial charge in [-0.1, -0.05) is 48.5 Å². The van der Waals surface area contributed by atoms with E-state index in [-0.39, 0.29) is 16.0 Å². The Morgan fingerprint density at radius 3 is 2.39 bits per heavy atom. The Balaban J connectivity index is 1.79. The van der Waals surface area contributed by atoms with Crippen molar-refractivity contribution in [3.8, 4) is 0 Å². The van der Waals surface area contributed by atoms with Crippen molar-refractivity contribution in [2.24, 2.45) is 5.92 Å². The summed E-state index contributed by atoms with van der Waals surface area (Å²) in [7, 11) is 0. The molecule has 3 N–H and O–H groups in total. The van der Waals surface area contributed by atoms with E-state index < -0.39 is 46.9 Å². The van der Waals surface area contributed by atoms with Crippen LogP contribution >= 0.6 is 23.2 Å². The van der Waals surface area contributed by atoms with Gasteiger partial charge in [0.05, 0.1) is 10.0 Å². The van der Waals surface area contributed by atoms with Crippen LogP contribution in [0.5, 0.6) is 0 Å². The molecule has 5 rings (SSSR count). The van der Waals surface area contributed by atoms with Gasteiger partial charge in [0.25, 0.3) is 0 Å². The van der Waals surface area contributed by atoms with E-state index in [2.05, 4.69) is 10.6 Å². The summed E-state index contributed by atoms with van der Waals surface area (Å²) in [5.41, 5.74) is -0.296. The van der Waals surface area contributed by atoms with Gasteiger partial charge in [0.2, 0.25) is 5.91 Å². The van der Waals surface area contributed by atoms with Crippen LogP contribution in [0.25, 0.3) is 0 Å². The maximum Gasteiger partial charge on any atom is 0.321 e. The second-order valence-corrected chi connectivity index (χ2v) is 9.96. The van der Waals surface area contributed by atoms with Gasteiger partial charge in [-0.2, -0.15) is 0 Å². The van der Waals surface area contributed by atoms with Crippen molar-refractivity contribution >= 4 is 40.8 Å². The summed E-state index contributed by atoms with van der Waals surface area (Å²) in [5.74, 6) is -3.84. The molecule has 174 valence electrons. The Bertz CT molecular complexity index is 1150. The highest BCUT2D eigenvalue weighted by atomic mass is 35.5. The molecule has 2 aromatic rings. The average molecular weight is 495 g/mol. The first-order chi connectivity index (χ1) is 15.7. The fourth-order valence-corrected chi connectivity index (χ4v) is 6.54. The summed E-state index contributed by atoms with van der Waals surface area (Å²) in [4.78, 5) is 26.3. The van der Waals surface area contributed by atoms with Crippen molar-refractivity contribution < 1.29 is 23.5 Å². The van der Waals surface area contributed by atoms with E-state index in [0.29, 0.717) is 16.8 Å². The molecule has 2 fully saturated rings. The summed E-state index contributed by atoms with van der Waals surface area (Å²) in [6, 6.07) is 4.85. The van der Waals surface area contributed by atoms with Crippen molar-refractivity contribution in [3.63, 3.8) is 0 Å². The molecule has 4 atom stereocenters. The minimum Gasteiger partial charge on any atom is -0.480 e. The van der Waals surface area contributed by atoms with Gasteiger partial charge in [-0.05, 0) is 54.2 Å². The number of carbonyl (C=O) groups is 2. The first kappa shape index (κ1) is 22.6. The SMILES string of the molecule is O=C(O)C1NC(C2CCCCC2)C2(C(=O)Nc3cc(Cl)c(F)cc32)C1c1ccc(F)c(Cl)c1. The maximum absolute atomic E-state index is 14.7. The number of amides is 1. The van der Waals surface area contributed by atoms with Gasteiger partial charge in [0.15, 0.2) is 0 Å². The molecule has 1 amide bonds. The van der Waals surface area contributed by atoms with Crippen molar-refractivity contribution in [1.82, 2.24) is 5.32 Å². The number of fused-ring (bicyclic) bond motifs is 2. The zero-order chi connectivity index (χ0) is 23.5. The van der Waals surface area contributed by atoms with Crippen LogP contribution in [0.1, 0.15) is 49.1 Å². The average Bonchev–Trinajstić information content (AvgIpc) is 3.28. The highest BCUT2D eigenvalue weighted by Gasteiger charge is 2.67. The van der Waals surface area contributed by atoms with E-state index in [1.807, 2.05) is 0 Å². The van der Waals surface area contributed by atoms with E-state index in [1.165, 1.54) is 24.3 Å². The van der Waals surface area contributed by atoms with Gasteiger partial charge < -0.3 is 10.4 Å². The molecule has 5 nitrogen and oxygen atoms in total. The smallest absolute Gasteiger partial charge is 0.321 e. The normalized spacial score (nSPS) is 29.3. The highest BCUT2D eigenvalue weighted by molar-refractivity contribution is 6.31. The number of anilines is 1. The zero-order valence-electron chi connectivity index (χ0n) is 17.5. The molecular formula is C24H22Cl2F2N2O3. The summed E-state index contributed by atoms with van der Waals surface area (Å²) in [6.07, 6.45) is 4.64. The summed E-state index contributed by atoms with van der Waals surface area (Å²) in [5, 5.41) is 15.9. The van der Waals surface area contributed by atoms with Crippen molar-refractivity contribution in [1.29, 1.82) is 0 Å². The number of carboxylic acid groups (broad SMARTS) is 1. The van der Waals surface area contributed by atoms with Gasteiger partial charge in [-0.15, -0.1) is 0 Å².